The van der Waals surface area contributed by atoms with Crippen molar-refractivity contribution in [3.8, 4) is 0 Å². The summed E-state index contributed by atoms with van der Waals surface area (Å²) in [5.41, 5.74) is 1.04. The number of aliphatic hydroxyl groups excluding tert-OH is 1. The van der Waals surface area contributed by atoms with Crippen LogP contribution >= 0.6 is 0 Å². The lowest BCUT2D eigenvalue weighted by molar-refractivity contribution is -0.0789. The molecular weight excluding hydrogens is 224 g/mol. The lowest BCUT2D eigenvalue weighted by Gasteiger charge is -2.33. The van der Waals surface area contributed by atoms with Gasteiger partial charge in [-0.05, 0) is 12.0 Å². The third-order valence-corrected chi connectivity index (χ3v) is 3.20. The fourth-order valence-corrected chi connectivity index (χ4v) is 2.17. The first kappa shape index (κ1) is 12.5. The molecule has 4 heteroatoms. The molecule has 1 aliphatic carbocycles. The van der Waals surface area contributed by atoms with Crippen molar-refractivity contribution in [2.24, 2.45) is 0 Å². The van der Waals surface area contributed by atoms with Crippen molar-refractivity contribution in [3.63, 3.8) is 0 Å². The lowest BCUT2D eigenvalue weighted by atomic mass is 9.89. The van der Waals surface area contributed by atoms with E-state index in [0.717, 1.165) is 5.56 Å². The van der Waals surface area contributed by atoms with Gasteiger partial charge >= 0.3 is 0 Å². The summed E-state index contributed by atoms with van der Waals surface area (Å²) in [5.74, 6) is -2.65. The predicted molar refractivity (Wildman–Crippen MR) is 61.9 cm³/mol. The van der Waals surface area contributed by atoms with E-state index in [0.29, 0.717) is 6.54 Å². The van der Waals surface area contributed by atoms with Crippen molar-refractivity contribution in [2.45, 2.75) is 43.9 Å². The molecule has 17 heavy (non-hydrogen) atoms. The Morgan fingerprint density at radius 1 is 1.29 bits per heavy atom. The first-order chi connectivity index (χ1) is 8.07. The molecule has 0 spiro atoms. The van der Waals surface area contributed by atoms with Gasteiger partial charge in [0.1, 0.15) is 0 Å². The molecule has 0 bridgehead atoms. The van der Waals surface area contributed by atoms with Crippen LogP contribution in [0.5, 0.6) is 0 Å². The Balaban J connectivity index is 1.89. The van der Waals surface area contributed by atoms with E-state index in [-0.39, 0.29) is 19.3 Å². The maximum Gasteiger partial charge on any atom is 0.249 e. The summed E-state index contributed by atoms with van der Waals surface area (Å²) in [4.78, 5) is 0. The maximum atomic E-state index is 13.2. The van der Waals surface area contributed by atoms with E-state index in [2.05, 4.69) is 5.32 Å². The zero-order chi connectivity index (χ0) is 12.3. The van der Waals surface area contributed by atoms with Crippen LogP contribution in [0.1, 0.15) is 24.8 Å². The molecule has 0 heterocycles. The lowest BCUT2D eigenvalue weighted by Crippen LogP contribution is -2.47. The SMILES string of the molecule is O[C@H]1CCC(F)(F)C[C@@H]1NCc1ccccc1. The molecule has 1 aromatic rings. The molecule has 94 valence electrons. The Hall–Kier alpha value is -1.00. The Labute approximate surface area is 99.7 Å². The molecule has 1 fully saturated rings. The van der Waals surface area contributed by atoms with Gasteiger partial charge in [-0.2, -0.15) is 0 Å². The van der Waals surface area contributed by atoms with E-state index in [4.69, 9.17) is 0 Å². The molecule has 0 amide bonds. The van der Waals surface area contributed by atoms with Crippen LogP contribution < -0.4 is 5.32 Å². The average Bonchev–Trinajstić information content (AvgIpc) is 2.32. The molecule has 2 nitrogen and oxygen atoms in total. The largest absolute Gasteiger partial charge is 0.391 e. The molecule has 0 unspecified atom stereocenters. The Bertz CT molecular complexity index is 356. The first-order valence-corrected chi connectivity index (χ1v) is 5.90. The van der Waals surface area contributed by atoms with Crippen LogP contribution in [-0.2, 0) is 6.54 Å². The number of benzene rings is 1. The number of halogens is 2. The second kappa shape index (κ2) is 5.10. The third-order valence-electron chi connectivity index (χ3n) is 3.20. The summed E-state index contributed by atoms with van der Waals surface area (Å²) in [6.07, 6.45) is -0.989. The average molecular weight is 241 g/mol. The van der Waals surface area contributed by atoms with Gasteiger partial charge in [0.05, 0.1) is 6.10 Å². The highest BCUT2D eigenvalue weighted by molar-refractivity contribution is 5.14. The number of hydrogen-bond acceptors (Lipinski definition) is 2. The zero-order valence-corrected chi connectivity index (χ0v) is 9.57. The highest BCUT2D eigenvalue weighted by Gasteiger charge is 2.40. The van der Waals surface area contributed by atoms with Crippen LogP contribution in [-0.4, -0.2) is 23.2 Å². The minimum atomic E-state index is -2.65. The smallest absolute Gasteiger partial charge is 0.249 e. The molecule has 1 aromatic carbocycles. The van der Waals surface area contributed by atoms with E-state index in [9.17, 15) is 13.9 Å². The summed E-state index contributed by atoms with van der Waals surface area (Å²) < 4.78 is 26.4. The van der Waals surface area contributed by atoms with Crippen LogP contribution in [0.2, 0.25) is 0 Å². The summed E-state index contributed by atoms with van der Waals surface area (Å²) in [6.45, 7) is 0.513. The molecule has 0 aliphatic heterocycles. The van der Waals surface area contributed by atoms with E-state index in [1.54, 1.807) is 0 Å². The highest BCUT2D eigenvalue weighted by atomic mass is 19.3. The van der Waals surface area contributed by atoms with Crippen molar-refractivity contribution in [1.82, 2.24) is 5.32 Å². The van der Waals surface area contributed by atoms with Gasteiger partial charge in [-0.25, -0.2) is 8.78 Å². The summed E-state index contributed by atoms with van der Waals surface area (Å²) in [7, 11) is 0. The molecule has 0 aromatic heterocycles. The van der Waals surface area contributed by atoms with Crippen molar-refractivity contribution >= 4 is 0 Å². The number of rotatable bonds is 3. The first-order valence-electron chi connectivity index (χ1n) is 5.90. The van der Waals surface area contributed by atoms with E-state index < -0.39 is 18.1 Å². The Kier molecular flexibility index (Phi) is 3.74. The molecule has 0 saturated heterocycles. The van der Waals surface area contributed by atoms with Crippen molar-refractivity contribution < 1.29 is 13.9 Å². The maximum absolute atomic E-state index is 13.2. The standard InChI is InChI=1S/C13H17F2NO/c14-13(15)7-6-12(17)11(8-13)16-9-10-4-2-1-3-5-10/h1-5,11-12,16-17H,6-9H2/t11-,12-/m0/s1. The van der Waals surface area contributed by atoms with Gasteiger partial charge in [0.15, 0.2) is 0 Å². The third kappa shape index (κ3) is 3.48. The van der Waals surface area contributed by atoms with E-state index in [1.165, 1.54) is 0 Å². The van der Waals surface area contributed by atoms with Gasteiger partial charge in [-0.15, -0.1) is 0 Å². The van der Waals surface area contributed by atoms with E-state index >= 15 is 0 Å². The summed E-state index contributed by atoms with van der Waals surface area (Å²) >= 11 is 0. The van der Waals surface area contributed by atoms with Crippen molar-refractivity contribution in [3.05, 3.63) is 35.9 Å². The van der Waals surface area contributed by atoms with Crippen molar-refractivity contribution in [2.75, 3.05) is 0 Å². The highest BCUT2D eigenvalue weighted by Crippen LogP contribution is 2.33. The fourth-order valence-electron chi connectivity index (χ4n) is 2.17. The molecule has 1 saturated carbocycles. The Morgan fingerprint density at radius 2 is 2.00 bits per heavy atom. The topological polar surface area (TPSA) is 32.3 Å². The van der Waals surface area contributed by atoms with Gasteiger partial charge in [0.25, 0.3) is 0 Å². The Morgan fingerprint density at radius 3 is 2.71 bits per heavy atom. The minimum Gasteiger partial charge on any atom is -0.391 e. The molecular formula is C13H17F2NO. The molecule has 2 N–H and O–H groups in total. The van der Waals surface area contributed by atoms with Gasteiger partial charge in [-0.3, -0.25) is 0 Å². The van der Waals surface area contributed by atoms with Gasteiger partial charge < -0.3 is 10.4 Å². The van der Waals surface area contributed by atoms with Crippen LogP contribution in [0.15, 0.2) is 30.3 Å². The number of hydrogen-bond donors (Lipinski definition) is 2. The van der Waals surface area contributed by atoms with Gasteiger partial charge in [0.2, 0.25) is 5.92 Å². The number of nitrogens with one attached hydrogen (secondary N) is 1. The monoisotopic (exact) mass is 241 g/mol. The predicted octanol–water partition coefficient (Wildman–Crippen LogP) is 2.32. The minimum absolute atomic E-state index is 0.166. The fraction of sp³-hybridized carbons (Fsp3) is 0.538. The van der Waals surface area contributed by atoms with Crippen LogP contribution in [0, 0.1) is 0 Å². The molecule has 1 aliphatic rings. The van der Waals surface area contributed by atoms with Crippen LogP contribution in [0.3, 0.4) is 0 Å². The normalized spacial score (nSPS) is 27.9. The van der Waals surface area contributed by atoms with Crippen molar-refractivity contribution in [1.29, 1.82) is 0 Å². The van der Waals surface area contributed by atoms with Gasteiger partial charge in [-0.1, -0.05) is 30.3 Å². The second-order valence-electron chi connectivity index (χ2n) is 4.64. The van der Waals surface area contributed by atoms with Crippen LogP contribution in [0.25, 0.3) is 0 Å². The summed E-state index contributed by atoms with van der Waals surface area (Å²) in [6, 6.07) is 9.07. The summed E-state index contributed by atoms with van der Waals surface area (Å²) in [5, 5.41) is 12.7. The zero-order valence-electron chi connectivity index (χ0n) is 9.57. The molecule has 2 rings (SSSR count). The quantitative estimate of drug-likeness (QED) is 0.851. The van der Waals surface area contributed by atoms with E-state index in [1.807, 2.05) is 30.3 Å². The van der Waals surface area contributed by atoms with Crippen LogP contribution in [0.4, 0.5) is 8.78 Å². The second-order valence-corrected chi connectivity index (χ2v) is 4.64. The number of alkyl halides is 2. The molecule has 2 atom stereocenters. The molecule has 0 radical (unpaired) electrons. The van der Waals surface area contributed by atoms with Gasteiger partial charge in [0, 0.05) is 25.4 Å². The number of aliphatic hydroxyl groups is 1.